The van der Waals surface area contributed by atoms with Gasteiger partial charge in [0.05, 0.1) is 0 Å². The quantitative estimate of drug-likeness (QED) is 0.672. The zero-order valence-electron chi connectivity index (χ0n) is 14.3. The molecule has 1 fully saturated rings. The van der Waals surface area contributed by atoms with Gasteiger partial charge in [-0.2, -0.15) is 4.52 Å². The number of hydrogen-bond donors (Lipinski definition) is 1. The van der Waals surface area contributed by atoms with Crippen LogP contribution in [-0.2, 0) is 11.3 Å². The lowest BCUT2D eigenvalue weighted by molar-refractivity contribution is 0.184. The molecule has 25 heavy (non-hydrogen) atoms. The fourth-order valence-corrected chi connectivity index (χ4v) is 3.38. The van der Waals surface area contributed by atoms with Crippen molar-refractivity contribution < 1.29 is 4.74 Å². The standard InChI is InChI=1S/C19H23N5O/c1-2-6-16(7-3-1)18-11-17(19-21-22-23-24(19)13-18)12-20-9-4-5-15-8-10-25-14-15/h1-3,6-7,11,13,15,20H,4-5,8-10,12,14H2/t15-/m1/s1. The molecule has 1 N–H and O–H groups in total. The molecular weight excluding hydrogens is 314 g/mol. The summed E-state index contributed by atoms with van der Waals surface area (Å²) in [6.45, 7) is 3.64. The van der Waals surface area contributed by atoms with Gasteiger partial charge in [-0.05, 0) is 53.8 Å². The summed E-state index contributed by atoms with van der Waals surface area (Å²) in [5.74, 6) is 0.746. The van der Waals surface area contributed by atoms with Crippen LogP contribution in [0.3, 0.4) is 0 Å². The Kier molecular flexibility index (Phi) is 4.99. The van der Waals surface area contributed by atoms with Crippen molar-refractivity contribution in [1.82, 2.24) is 25.4 Å². The molecule has 3 aromatic rings. The zero-order valence-corrected chi connectivity index (χ0v) is 14.3. The molecule has 1 saturated heterocycles. The van der Waals surface area contributed by atoms with Crippen LogP contribution in [0.5, 0.6) is 0 Å². The number of nitrogens with zero attached hydrogens (tertiary/aromatic N) is 4. The Morgan fingerprint density at radius 3 is 2.96 bits per heavy atom. The number of benzene rings is 1. The SMILES string of the molecule is c1ccc(-c2cc(CNCCC[C@@H]3CCOC3)c3nnnn3c2)cc1. The zero-order chi connectivity index (χ0) is 16.9. The van der Waals surface area contributed by atoms with Gasteiger partial charge in [0.1, 0.15) is 0 Å². The van der Waals surface area contributed by atoms with E-state index in [0.29, 0.717) is 0 Å². The number of rotatable bonds is 7. The first kappa shape index (κ1) is 16.2. The summed E-state index contributed by atoms with van der Waals surface area (Å²) in [4.78, 5) is 0. The van der Waals surface area contributed by atoms with E-state index < -0.39 is 0 Å². The molecule has 0 spiro atoms. The molecule has 0 bridgehead atoms. The van der Waals surface area contributed by atoms with Crippen LogP contribution in [-0.4, -0.2) is 39.8 Å². The number of pyridine rings is 1. The minimum absolute atomic E-state index is 0.746. The van der Waals surface area contributed by atoms with E-state index in [1.54, 1.807) is 4.52 Å². The average molecular weight is 337 g/mol. The van der Waals surface area contributed by atoms with Crippen LogP contribution < -0.4 is 5.32 Å². The maximum absolute atomic E-state index is 5.43. The second kappa shape index (κ2) is 7.72. The van der Waals surface area contributed by atoms with Crippen molar-refractivity contribution in [3.05, 3.63) is 48.2 Å². The maximum atomic E-state index is 5.43. The van der Waals surface area contributed by atoms with Gasteiger partial charge in [-0.15, -0.1) is 5.10 Å². The molecule has 3 heterocycles. The van der Waals surface area contributed by atoms with Crippen molar-refractivity contribution in [3.8, 4) is 11.1 Å². The second-order valence-electron chi connectivity index (χ2n) is 6.62. The molecular formula is C19H23N5O. The van der Waals surface area contributed by atoms with Gasteiger partial charge in [-0.1, -0.05) is 30.3 Å². The molecule has 6 heteroatoms. The number of nitrogens with one attached hydrogen (secondary N) is 1. The number of aromatic nitrogens is 4. The van der Waals surface area contributed by atoms with Gasteiger partial charge in [-0.25, -0.2) is 0 Å². The smallest absolute Gasteiger partial charge is 0.183 e. The largest absolute Gasteiger partial charge is 0.381 e. The van der Waals surface area contributed by atoms with Gasteiger partial charge < -0.3 is 10.1 Å². The van der Waals surface area contributed by atoms with Gasteiger partial charge in [0.25, 0.3) is 0 Å². The molecule has 1 aliphatic heterocycles. The molecule has 0 radical (unpaired) electrons. The Morgan fingerprint density at radius 1 is 1.20 bits per heavy atom. The molecule has 6 nitrogen and oxygen atoms in total. The van der Waals surface area contributed by atoms with Crippen LogP contribution in [0.4, 0.5) is 0 Å². The van der Waals surface area contributed by atoms with Crippen molar-refractivity contribution >= 4 is 5.65 Å². The molecule has 1 aromatic carbocycles. The molecule has 0 unspecified atom stereocenters. The molecule has 1 aliphatic rings. The van der Waals surface area contributed by atoms with Gasteiger partial charge >= 0.3 is 0 Å². The van der Waals surface area contributed by atoms with E-state index >= 15 is 0 Å². The fraction of sp³-hybridized carbons (Fsp3) is 0.421. The summed E-state index contributed by atoms with van der Waals surface area (Å²) in [5.41, 5.74) is 4.23. The average Bonchev–Trinajstić information content (AvgIpc) is 3.33. The van der Waals surface area contributed by atoms with Crippen molar-refractivity contribution in [3.63, 3.8) is 0 Å². The van der Waals surface area contributed by atoms with Gasteiger partial charge in [0, 0.05) is 37.1 Å². The van der Waals surface area contributed by atoms with Crippen molar-refractivity contribution in [2.24, 2.45) is 5.92 Å². The summed E-state index contributed by atoms with van der Waals surface area (Å²) >= 11 is 0. The minimum Gasteiger partial charge on any atom is -0.381 e. The van der Waals surface area contributed by atoms with Crippen molar-refractivity contribution in [2.45, 2.75) is 25.8 Å². The van der Waals surface area contributed by atoms with Crippen molar-refractivity contribution in [1.29, 1.82) is 0 Å². The minimum atomic E-state index is 0.746. The molecule has 2 aromatic heterocycles. The summed E-state index contributed by atoms with van der Waals surface area (Å²) < 4.78 is 7.19. The van der Waals surface area contributed by atoms with E-state index in [0.717, 1.165) is 49.0 Å². The van der Waals surface area contributed by atoms with E-state index in [1.165, 1.54) is 24.8 Å². The van der Waals surface area contributed by atoms with E-state index in [1.807, 2.05) is 24.4 Å². The molecule has 130 valence electrons. The number of ether oxygens (including phenoxy) is 1. The Bertz CT molecular complexity index is 811. The lowest BCUT2D eigenvalue weighted by Gasteiger charge is -2.10. The molecule has 0 aliphatic carbocycles. The molecule has 1 atom stereocenters. The molecule has 0 saturated carbocycles. The Morgan fingerprint density at radius 2 is 2.12 bits per heavy atom. The highest BCUT2D eigenvalue weighted by atomic mass is 16.5. The van der Waals surface area contributed by atoms with Gasteiger partial charge in [0.15, 0.2) is 5.65 Å². The topological polar surface area (TPSA) is 64.3 Å². The molecule has 4 rings (SSSR count). The van der Waals surface area contributed by atoms with Crippen LogP contribution in [0.2, 0.25) is 0 Å². The van der Waals surface area contributed by atoms with E-state index in [2.05, 4.69) is 39.0 Å². The Labute approximate surface area is 147 Å². The predicted octanol–water partition coefficient (Wildman–Crippen LogP) is 2.70. The van der Waals surface area contributed by atoms with Gasteiger partial charge in [-0.3, -0.25) is 0 Å². The third-order valence-electron chi connectivity index (χ3n) is 4.78. The highest BCUT2D eigenvalue weighted by Crippen LogP contribution is 2.22. The maximum Gasteiger partial charge on any atom is 0.183 e. The summed E-state index contributed by atoms with van der Waals surface area (Å²) in [7, 11) is 0. The molecule has 0 amide bonds. The first-order chi connectivity index (χ1) is 12.4. The first-order valence-corrected chi connectivity index (χ1v) is 8.94. The highest BCUT2D eigenvalue weighted by molar-refractivity contribution is 5.66. The first-order valence-electron chi connectivity index (χ1n) is 8.94. The van der Waals surface area contributed by atoms with Crippen LogP contribution in [0.1, 0.15) is 24.8 Å². The normalized spacial score (nSPS) is 17.4. The van der Waals surface area contributed by atoms with Gasteiger partial charge in [0.2, 0.25) is 0 Å². The van der Waals surface area contributed by atoms with Crippen LogP contribution >= 0.6 is 0 Å². The Balaban J connectivity index is 1.42. The van der Waals surface area contributed by atoms with E-state index in [9.17, 15) is 0 Å². The monoisotopic (exact) mass is 337 g/mol. The fourth-order valence-electron chi connectivity index (χ4n) is 3.38. The van der Waals surface area contributed by atoms with Crippen molar-refractivity contribution in [2.75, 3.05) is 19.8 Å². The number of hydrogen-bond acceptors (Lipinski definition) is 5. The van der Waals surface area contributed by atoms with Crippen LogP contribution in [0, 0.1) is 5.92 Å². The number of fused-ring (bicyclic) bond motifs is 1. The lowest BCUT2D eigenvalue weighted by Crippen LogP contribution is -2.16. The highest BCUT2D eigenvalue weighted by Gasteiger charge is 2.14. The second-order valence-corrected chi connectivity index (χ2v) is 6.62. The summed E-state index contributed by atoms with van der Waals surface area (Å²) in [6.07, 6.45) is 5.60. The predicted molar refractivity (Wildman–Crippen MR) is 96.1 cm³/mol. The lowest BCUT2D eigenvalue weighted by atomic mass is 10.0. The van der Waals surface area contributed by atoms with Crippen LogP contribution in [0.15, 0.2) is 42.6 Å². The Hall–Kier alpha value is -2.31. The van der Waals surface area contributed by atoms with E-state index in [-0.39, 0.29) is 0 Å². The summed E-state index contributed by atoms with van der Waals surface area (Å²) in [5, 5.41) is 15.6. The third-order valence-corrected chi connectivity index (χ3v) is 4.78. The number of tetrazole rings is 1. The third kappa shape index (κ3) is 3.86. The van der Waals surface area contributed by atoms with E-state index in [4.69, 9.17) is 4.74 Å². The van der Waals surface area contributed by atoms with Crippen LogP contribution in [0.25, 0.3) is 16.8 Å². The summed E-state index contributed by atoms with van der Waals surface area (Å²) in [6, 6.07) is 12.5.